The molecule has 0 aromatic heterocycles. The Bertz CT molecular complexity index is 790. The Kier molecular flexibility index (Phi) is 4.77. The van der Waals surface area contributed by atoms with E-state index in [2.05, 4.69) is 9.93 Å². The molecular weight excluding hydrogens is 307 g/mol. The summed E-state index contributed by atoms with van der Waals surface area (Å²) in [6.07, 6.45) is 0.314. The molecule has 7 heteroatoms. The molecule has 2 N–H and O–H groups in total. The molecule has 0 spiro atoms. The molecule has 2 rings (SSSR count). The van der Waals surface area contributed by atoms with E-state index >= 15 is 0 Å². The highest BCUT2D eigenvalue weighted by molar-refractivity contribution is 7.89. The second kappa shape index (κ2) is 6.57. The number of phenolic OH excluding ortho intramolecular Hbond substituents is 1. The zero-order valence-corrected chi connectivity index (χ0v) is 12.6. The van der Waals surface area contributed by atoms with Crippen molar-refractivity contribution in [2.75, 3.05) is 0 Å². The van der Waals surface area contributed by atoms with Gasteiger partial charge in [0.2, 0.25) is 0 Å². The lowest BCUT2D eigenvalue weighted by Gasteiger charge is -2.08. The van der Waals surface area contributed by atoms with Crippen molar-refractivity contribution in [2.45, 2.75) is 18.2 Å². The third-order valence-corrected chi connectivity index (χ3v) is 4.18. The Balaban J connectivity index is 2.32. The summed E-state index contributed by atoms with van der Waals surface area (Å²) in [5, 5.41) is 13.6. The second-order valence-electron chi connectivity index (χ2n) is 4.48. The fraction of sp³-hybridized carbons (Fsp3) is 0.133. The highest BCUT2D eigenvalue weighted by atomic mass is 32.2. The number of hydrogen-bond donors (Lipinski definition) is 2. The molecule has 22 heavy (non-hydrogen) atoms. The van der Waals surface area contributed by atoms with Gasteiger partial charge in [0, 0.05) is 5.56 Å². The van der Waals surface area contributed by atoms with Crippen LogP contribution in [0.4, 0.5) is 4.39 Å². The minimum Gasteiger partial charge on any atom is -0.507 e. The van der Waals surface area contributed by atoms with Crippen LogP contribution in [0.3, 0.4) is 0 Å². The average Bonchev–Trinajstić information content (AvgIpc) is 2.52. The average molecular weight is 322 g/mol. The first-order chi connectivity index (χ1) is 10.4. The zero-order valence-electron chi connectivity index (χ0n) is 11.8. The maximum absolute atomic E-state index is 13.3. The molecule has 0 fully saturated rings. The smallest absolute Gasteiger partial charge is 0.276 e. The molecule has 5 nitrogen and oxygen atoms in total. The third kappa shape index (κ3) is 3.62. The summed E-state index contributed by atoms with van der Waals surface area (Å²) >= 11 is 0. The maximum atomic E-state index is 13.3. The maximum Gasteiger partial charge on any atom is 0.276 e. The van der Waals surface area contributed by atoms with E-state index in [0.29, 0.717) is 6.42 Å². The molecule has 116 valence electrons. The number of phenols is 1. The number of hydrogen-bond acceptors (Lipinski definition) is 4. The second-order valence-corrected chi connectivity index (χ2v) is 6.14. The van der Waals surface area contributed by atoms with Crippen LogP contribution >= 0.6 is 0 Å². The minimum atomic E-state index is -3.81. The van der Waals surface area contributed by atoms with Crippen molar-refractivity contribution in [1.82, 2.24) is 4.83 Å². The number of aromatic hydroxyl groups is 1. The summed E-state index contributed by atoms with van der Waals surface area (Å²) in [6.45, 7) is 1.72. The summed E-state index contributed by atoms with van der Waals surface area (Å²) in [5.41, 5.74) is 0.384. The van der Waals surface area contributed by atoms with Crippen LogP contribution in [0.2, 0.25) is 0 Å². The summed E-state index contributed by atoms with van der Waals surface area (Å²) in [5.74, 6) is -0.708. The molecule has 0 aliphatic rings. The van der Waals surface area contributed by atoms with E-state index in [4.69, 9.17) is 0 Å². The minimum absolute atomic E-state index is 0.0673. The Hall–Kier alpha value is -2.41. The van der Waals surface area contributed by atoms with Crippen molar-refractivity contribution in [3.63, 3.8) is 0 Å². The van der Waals surface area contributed by atoms with Crippen LogP contribution in [0.1, 0.15) is 18.9 Å². The Morgan fingerprint density at radius 2 is 1.91 bits per heavy atom. The highest BCUT2D eigenvalue weighted by Crippen LogP contribution is 2.20. The van der Waals surface area contributed by atoms with Crippen molar-refractivity contribution >= 4 is 15.7 Å². The van der Waals surface area contributed by atoms with Gasteiger partial charge in [-0.15, -0.1) is 0 Å². The van der Waals surface area contributed by atoms with Gasteiger partial charge < -0.3 is 5.11 Å². The van der Waals surface area contributed by atoms with Gasteiger partial charge in [-0.05, 0) is 36.8 Å². The molecule has 0 radical (unpaired) electrons. The Morgan fingerprint density at radius 1 is 1.23 bits per heavy atom. The molecule has 0 amide bonds. The standard InChI is InChI=1S/C15H15FN2O3S/c1-2-14(13-10-11(16)8-9-15(13)19)17-18-22(20,21)12-6-4-3-5-7-12/h3-10,18-19H,2H2,1H3/b17-14+. The number of sulfonamides is 1. The molecule has 0 atom stereocenters. The van der Waals surface area contributed by atoms with Crippen LogP contribution < -0.4 is 4.83 Å². The van der Waals surface area contributed by atoms with E-state index < -0.39 is 15.8 Å². The number of nitrogens with one attached hydrogen (secondary N) is 1. The van der Waals surface area contributed by atoms with Gasteiger partial charge in [-0.3, -0.25) is 0 Å². The van der Waals surface area contributed by atoms with Gasteiger partial charge in [0.15, 0.2) is 0 Å². The molecule has 0 unspecified atom stereocenters. The largest absolute Gasteiger partial charge is 0.507 e. The zero-order chi connectivity index (χ0) is 16.2. The summed E-state index contributed by atoms with van der Waals surface area (Å²) in [6, 6.07) is 11.2. The predicted molar refractivity (Wildman–Crippen MR) is 81.7 cm³/mol. The van der Waals surface area contributed by atoms with E-state index in [1.165, 1.54) is 18.2 Å². The monoisotopic (exact) mass is 322 g/mol. The lowest BCUT2D eigenvalue weighted by molar-refractivity contribution is 0.471. The third-order valence-electron chi connectivity index (χ3n) is 2.96. The fourth-order valence-electron chi connectivity index (χ4n) is 1.84. The van der Waals surface area contributed by atoms with Crippen LogP contribution in [-0.2, 0) is 10.0 Å². The van der Waals surface area contributed by atoms with Crippen molar-refractivity contribution in [3.8, 4) is 5.75 Å². The number of halogens is 1. The molecule has 0 saturated carbocycles. The van der Waals surface area contributed by atoms with Crippen molar-refractivity contribution in [1.29, 1.82) is 0 Å². The molecule has 0 heterocycles. The van der Waals surface area contributed by atoms with Crippen LogP contribution in [0.5, 0.6) is 5.75 Å². The van der Waals surface area contributed by atoms with Gasteiger partial charge >= 0.3 is 0 Å². The van der Waals surface area contributed by atoms with Gasteiger partial charge in [-0.1, -0.05) is 25.1 Å². The van der Waals surface area contributed by atoms with E-state index in [1.54, 1.807) is 25.1 Å². The van der Waals surface area contributed by atoms with Crippen LogP contribution in [0.15, 0.2) is 58.5 Å². The van der Waals surface area contributed by atoms with E-state index in [1.807, 2.05) is 0 Å². The van der Waals surface area contributed by atoms with Gasteiger partial charge in [0.25, 0.3) is 10.0 Å². The van der Waals surface area contributed by atoms with Gasteiger partial charge in [-0.2, -0.15) is 18.4 Å². The van der Waals surface area contributed by atoms with Gasteiger partial charge in [0.1, 0.15) is 11.6 Å². The normalized spacial score (nSPS) is 12.2. The van der Waals surface area contributed by atoms with Crippen molar-refractivity contribution < 1.29 is 17.9 Å². The van der Waals surface area contributed by atoms with Gasteiger partial charge in [0.05, 0.1) is 10.6 Å². The topological polar surface area (TPSA) is 78.8 Å². The number of rotatable bonds is 5. The molecule has 0 bridgehead atoms. The Labute approximate surface area is 128 Å². The fourth-order valence-corrected chi connectivity index (χ4v) is 2.69. The summed E-state index contributed by atoms with van der Waals surface area (Å²) in [4.78, 5) is 2.17. The molecule has 0 aliphatic carbocycles. The first-order valence-corrected chi connectivity index (χ1v) is 8.04. The number of benzene rings is 2. The molecule has 2 aromatic rings. The molecular formula is C15H15FN2O3S. The number of nitrogens with zero attached hydrogens (tertiary/aromatic N) is 1. The molecule has 0 saturated heterocycles. The number of hydrazone groups is 1. The molecule has 0 aliphatic heterocycles. The summed E-state index contributed by atoms with van der Waals surface area (Å²) < 4.78 is 37.4. The van der Waals surface area contributed by atoms with Gasteiger partial charge in [-0.25, -0.2) is 4.39 Å². The Morgan fingerprint density at radius 3 is 2.55 bits per heavy atom. The predicted octanol–water partition coefficient (Wildman–Crippen LogP) is 2.62. The van der Waals surface area contributed by atoms with E-state index in [9.17, 15) is 17.9 Å². The van der Waals surface area contributed by atoms with Crippen molar-refractivity contribution in [2.24, 2.45) is 5.10 Å². The lowest BCUT2D eigenvalue weighted by atomic mass is 10.1. The first-order valence-electron chi connectivity index (χ1n) is 6.56. The molecule has 2 aromatic carbocycles. The van der Waals surface area contributed by atoms with E-state index in [-0.39, 0.29) is 21.9 Å². The van der Waals surface area contributed by atoms with Crippen LogP contribution in [0.25, 0.3) is 0 Å². The highest BCUT2D eigenvalue weighted by Gasteiger charge is 2.14. The lowest BCUT2D eigenvalue weighted by Crippen LogP contribution is -2.20. The van der Waals surface area contributed by atoms with Crippen molar-refractivity contribution in [3.05, 3.63) is 59.9 Å². The summed E-state index contributed by atoms with van der Waals surface area (Å²) in [7, 11) is -3.81. The van der Waals surface area contributed by atoms with Crippen LogP contribution in [-0.4, -0.2) is 19.2 Å². The van der Waals surface area contributed by atoms with Crippen LogP contribution in [0, 0.1) is 5.82 Å². The van der Waals surface area contributed by atoms with E-state index in [0.717, 1.165) is 12.1 Å². The quantitative estimate of drug-likeness (QED) is 0.656. The SMILES string of the molecule is CC/C(=N\NS(=O)(=O)c1ccccc1)c1cc(F)ccc1O. The first kappa shape index (κ1) is 16.0.